The van der Waals surface area contributed by atoms with Gasteiger partial charge >= 0.3 is 12.4 Å². The molecule has 0 spiro atoms. The van der Waals surface area contributed by atoms with E-state index in [1.54, 1.807) is 18.9 Å². The van der Waals surface area contributed by atoms with Crippen molar-refractivity contribution in [3.8, 4) is 11.5 Å². The van der Waals surface area contributed by atoms with Gasteiger partial charge in [0.2, 0.25) is 18.3 Å². The Labute approximate surface area is 201 Å². The highest BCUT2D eigenvalue weighted by Crippen LogP contribution is 2.31. The molecule has 0 fully saturated rings. The molecule has 0 bridgehead atoms. The maximum absolute atomic E-state index is 13.2. The monoisotopic (exact) mass is 514 g/mol. The average molecular weight is 514 g/mol. The van der Waals surface area contributed by atoms with Crippen molar-refractivity contribution in [3.63, 3.8) is 0 Å². The van der Waals surface area contributed by atoms with E-state index in [-0.39, 0.29) is 42.2 Å². The van der Waals surface area contributed by atoms with Gasteiger partial charge in [0.15, 0.2) is 5.82 Å². The third-order valence-electron chi connectivity index (χ3n) is 4.77. The number of halogens is 6. The Morgan fingerprint density at radius 3 is 2.31 bits per heavy atom. The zero-order valence-corrected chi connectivity index (χ0v) is 19.0. The minimum atomic E-state index is -4.72. The van der Waals surface area contributed by atoms with Crippen LogP contribution in [-0.2, 0) is 17.1 Å². The highest BCUT2D eigenvalue weighted by Gasteiger charge is 2.33. The molecule has 192 valence electrons. The average Bonchev–Trinajstić information content (AvgIpc) is 2.83. The van der Waals surface area contributed by atoms with Crippen LogP contribution in [0.2, 0.25) is 0 Å². The summed E-state index contributed by atoms with van der Waals surface area (Å²) in [5, 5.41) is 2.62. The van der Waals surface area contributed by atoms with E-state index >= 15 is 0 Å². The third-order valence-corrected chi connectivity index (χ3v) is 4.77. The van der Waals surface area contributed by atoms with Crippen molar-refractivity contribution in [2.75, 3.05) is 36.9 Å². The van der Waals surface area contributed by atoms with Crippen molar-refractivity contribution in [3.05, 3.63) is 47.9 Å². The molecule has 1 amide bonds. The van der Waals surface area contributed by atoms with Gasteiger partial charge in [-0.1, -0.05) is 6.07 Å². The number of alkyl halides is 6. The van der Waals surface area contributed by atoms with Gasteiger partial charge in [-0.05, 0) is 31.2 Å². The SMILES string of the molecule is CCN(CCN(C)C=O)c1nc(Nc2ccnc(C(F)(F)F)c2)nc(-c2cccc(C(F)(F)F)n2)n1. The molecule has 0 radical (unpaired) electrons. The topological polar surface area (TPSA) is 100 Å². The van der Waals surface area contributed by atoms with E-state index < -0.39 is 23.7 Å². The molecule has 0 saturated carbocycles. The number of rotatable bonds is 9. The molecule has 15 heteroatoms. The zero-order chi connectivity index (χ0) is 26.5. The van der Waals surface area contributed by atoms with Crippen LogP contribution in [0.5, 0.6) is 0 Å². The van der Waals surface area contributed by atoms with E-state index in [1.807, 2.05) is 0 Å². The van der Waals surface area contributed by atoms with Gasteiger partial charge < -0.3 is 15.1 Å². The van der Waals surface area contributed by atoms with Crippen LogP contribution in [0.1, 0.15) is 18.3 Å². The Morgan fingerprint density at radius 2 is 1.67 bits per heavy atom. The first-order chi connectivity index (χ1) is 16.9. The molecule has 1 N–H and O–H groups in total. The number of amides is 1. The van der Waals surface area contributed by atoms with Crippen LogP contribution >= 0.6 is 0 Å². The standard InChI is InChI=1S/C21H20F6N8O/c1-3-35(10-9-34(2)12-36)19-32-17(14-5-4-6-15(30-14)20(22,23)24)31-18(33-19)29-13-7-8-28-16(11-13)21(25,26)27/h4-8,11-12H,3,9-10H2,1-2H3,(H,28,29,31,32,33). The van der Waals surface area contributed by atoms with Crippen molar-refractivity contribution >= 4 is 24.0 Å². The van der Waals surface area contributed by atoms with Crippen molar-refractivity contribution < 1.29 is 31.1 Å². The van der Waals surface area contributed by atoms with Crippen molar-refractivity contribution in [1.82, 2.24) is 29.8 Å². The largest absolute Gasteiger partial charge is 0.433 e. The zero-order valence-electron chi connectivity index (χ0n) is 19.0. The fourth-order valence-electron chi connectivity index (χ4n) is 2.92. The molecule has 0 aliphatic carbocycles. The molecule has 0 saturated heterocycles. The van der Waals surface area contributed by atoms with Gasteiger partial charge in [0.25, 0.3) is 0 Å². The molecule has 0 aromatic carbocycles. The van der Waals surface area contributed by atoms with Gasteiger partial charge in [0.05, 0.1) is 0 Å². The Morgan fingerprint density at radius 1 is 0.944 bits per heavy atom. The quantitative estimate of drug-likeness (QED) is 0.338. The van der Waals surface area contributed by atoms with E-state index in [2.05, 4.69) is 30.2 Å². The Bertz CT molecular complexity index is 1200. The van der Waals surface area contributed by atoms with Gasteiger partial charge in [-0.3, -0.25) is 9.78 Å². The normalized spacial score (nSPS) is 11.8. The van der Waals surface area contributed by atoms with Crippen LogP contribution < -0.4 is 10.2 Å². The Kier molecular flexibility index (Phi) is 7.90. The summed E-state index contributed by atoms with van der Waals surface area (Å²) in [5.74, 6) is -0.440. The molecule has 0 atom stereocenters. The van der Waals surface area contributed by atoms with Crippen LogP contribution in [0.25, 0.3) is 11.5 Å². The van der Waals surface area contributed by atoms with Crippen LogP contribution in [0.3, 0.4) is 0 Å². The van der Waals surface area contributed by atoms with Gasteiger partial charge in [0, 0.05) is 38.6 Å². The summed E-state index contributed by atoms with van der Waals surface area (Å²) >= 11 is 0. The number of carbonyl (C=O) groups is 1. The van der Waals surface area contributed by atoms with Gasteiger partial charge in [-0.2, -0.15) is 41.3 Å². The Hall–Kier alpha value is -4.04. The molecule has 0 unspecified atom stereocenters. The van der Waals surface area contributed by atoms with E-state index in [0.717, 1.165) is 24.4 Å². The number of pyridine rings is 2. The number of nitrogens with zero attached hydrogens (tertiary/aromatic N) is 7. The minimum absolute atomic E-state index is 0.0219. The fourth-order valence-corrected chi connectivity index (χ4v) is 2.92. The highest BCUT2D eigenvalue weighted by molar-refractivity contribution is 5.59. The number of nitrogens with one attached hydrogen (secondary N) is 1. The summed E-state index contributed by atoms with van der Waals surface area (Å²) < 4.78 is 78.7. The Balaban J connectivity index is 2.06. The van der Waals surface area contributed by atoms with Crippen molar-refractivity contribution in [2.24, 2.45) is 0 Å². The lowest BCUT2D eigenvalue weighted by Gasteiger charge is -2.23. The number of likely N-dealkylation sites (N-methyl/N-ethyl adjacent to an activating group) is 2. The van der Waals surface area contributed by atoms with E-state index in [9.17, 15) is 31.1 Å². The van der Waals surface area contributed by atoms with E-state index in [0.29, 0.717) is 13.0 Å². The molecule has 3 rings (SSSR count). The molecule has 3 heterocycles. The van der Waals surface area contributed by atoms with Gasteiger partial charge in [-0.25, -0.2) is 4.98 Å². The van der Waals surface area contributed by atoms with Gasteiger partial charge in [0.1, 0.15) is 17.1 Å². The molecule has 9 nitrogen and oxygen atoms in total. The first-order valence-electron chi connectivity index (χ1n) is 10.4. The number of hydrogen-bond acceptors (Lipinski definition) is 8. The van der Waals surface area contributed by atoms with E-state index in [1.165, 1.54) is 17.0 Å². The second-order valence-corrected chi connectivity index (χ2v) is 7.41. The van der Waals surface area contributed by atoms with Crippen molar-refractivity contribution in [2.45, 2.75) is 19.3 Å². The summed E-state index contributed by atoms with van der Waals surface area (Å²) in [6, 6.07) is 5.17. The summed E-state index contributed by atoms with van der Waals surface area (Å²) in [6.07, 6.45) is -7.85. The lowest BCUT2D eigenvalue weighted by molar-refractivity contribution is -0.141. The third kappa shape index (κ3) is 6.76. The molecule has 0 aliphatic rings. The molecule has 3 aromatic rings. The maximum Gasteiger partial charge on any atom is 0.433 e. The number of anilines is 3. The second kappa shape index (κ2) is 10.7. The number of hydrogen-bond donors (Lipinski definition) is 1. The minimum Gasteiger partial charge on any atom is -0.347 e. The molecule has 0 aliphatic heterocycles. The fraction of sp³-hybridized carbons (Fsp3) is 0.333. The van der Waals surface area contributed by atoms with Crippen LogP contribution in [-0.4, -0.2) is 62.9 Å². The molecule has 3 aromatic heterocycles. The van der Waals surface area contributed by atoms with Gasteiger partial charge in [-0.15, -0.1) is 0 Å². The van der Waals surface area contributed by atoms with E-state index in [4.69, 9.17) is 0 Å². The molecule has 36 heavy (non-hydrogen) atoms. The second-order valence-electron chi connectivity index (χ2n) is 7.41. The predicted molar refractivity (Wildman–Crippen MR) is 117 cm³/mol. The summed E-state index contributed by atoms with van der Waals surface area (Å²) in [6.45, 7) is 2.65. The summed E-state index contributed by atoms with van der Waals surface area (Å²) in [5.41, 5.74) is -2.60. The lowest BCUT2D eigenvalue weighted by Crippen LogP contribution is -2.34. The number of carbonyl (C=O) groups excluding carboxylic acids is 1. The van der Waals surface area contributed by atoms with Crippen molar-refractivity contribution in [1.29, 1.82) is 0 Å². The molecular weight excluding hydrogens is 494 g/mol. The first-order valence-corrected chi connectivity index (χ1v) is 10.4. The predicted octanol–water partition coefficient (Wildman–Crippen LogP) is 4.02. The number of aromatic nitrogens is 5. The lowest BCUT2D eigenvalue weighted by atomic mass is 10.3. The smallest absolute Gasteiger partial charge is 0.347 e. The van der Waals surface area contributed by atoms with Crippen LogP contribution in [0.15, 0.2) is 36.5 Å². The van der Waals surface area contributed by atoms with Crippen LogP contribution in [0, 0.1) is 0 Å². The molecular formula is C21H20F6N8O. The maximum atomic E-state index is 13.2. The highest BCUT2D eigenvalue weighted by atomic mass is 19.4. The first kappa shape index (κ1) is 26.6. The summed E-state index contributed by atoms with van der Waals surface area (Å²) in [7, 11) is 1.56. The van der Waals surface area contributed by atoms with Crippen LogP contribution in [0.4, 0.5) is 43.9 Å². The summed E-state index contributed by atoms with van der Waals surface area (Å²) in [4.78, 5) is 33.3.